The highest BCUT2D eigenvalue weighted by Crippen LogP contribution is 2.26. The van der Waals surface area contributed by atoms with Crippen LogP contribution in [0, 0.1) is 12.3 Å². The summed E-state index contributed by atoms with van der Waals surface area (Å²) in [6.45, 7) is 2.27. The van der Waals surface area contributed by atoms with E-state index >= 15 is 0 Å². The zero-order chi connectivity index (χ0) is 23.2. The number of terminal acetylenes is 1. The first-order chi connectivity index (χ1) is 16.1. The number of aromatic nitrogens is 1. The number of carbonyl (C=O) groups excluding carboxylic acids is 2. The molecule has 1 aromatic heterocycles. The Morgan fingerprint density at radius 1 is 1.06 bits per heavy atom. The first-order valence-corrected chi connectivity index (χ1v) is 11.1. The van der Waals surface area contributed by atoms with Crippen molar-refractivity contribution in [3.8, 4) is 23.8 Å². The smallest absolute Gasteiger partial charge is 0.338 e. The number of fused-ring (bicyclic) bond motifs is 1. The zero-order valence-electron chi connectivity index (χ0n) is 17.9. The molecular formula is C26H20N2O4S. The number of hydrogen-bond donors (Lipinski definition) is 0. The summed E-state index contributed by atoms with van der Waals surface area (Å²) in [6, 6.07) is 21.3. The second kappa shape index (κ2) is 9.98. The molecule has 0 saturated carbocycles. The van der Waals surface area contributed by atoms with Crippen molar-refractivity contribution in [1.29, 1.82) is 0 Å². The summed E-state index contributed by atoms with van der Waals surface area (Å²) in [7, 11) is 0. The third-order valence-electron chi connectivity index (χ3n) is 4.73. The van der Waals surface area contributed by atoms with Crippen molar-refractivity contribution in [3.05, 3.63) is 88.7 Å². The molecule has 6 nitrogen and oxygen atoms in total. The molecule has 4 rings (SSSR count). The topological polar surface area (TPSA) is 69.9 Å². The van der Waals surface area contributed by atoms with Crippen LogP contribution in [0.4, 0.5) is 0 Å². The van der Waals surface area contributed by atoms with Crippen LogP contribution in [-0.2, 0) is 11.3 Å². The molecule has 33 heavy (non-hydrogen) atoms. The average molecular weight is 457 g/mol. The quantitative estimate of drug-likeness (QED) is 0.301. The second-order valence-electron chi connectivity index (χ2n) is 6.91. The Morgan fingerprint density at radius 2 is 1.82 bits per heavy atom. The maximum Gasteiger partial charge on any atom is 0.338 e. The van der Waals surface area contributed by atoms with Gasteiger partial charge in [0.1, 0.15) is 11.5 Å². The van der Waals surface area contributed by atoms with Crippen molar-refractivity contribution < 1.29 is 19.1 Å². The molecule has 0 atom stereocenters. The second-order valence-corrected chi connectivity index (χ2v) is 7.92. The minimum atomic E-state index is -0.454. The molecule has 164 valence electrons. The molecule has 1 heterocycles. The van der Waals surface area contributed by atoms with Gasteiger partial charge in [0.25, 0.3) is 5.91 Å². The molecule has 0 bridgehead atoms. The van der Waals surface area contributed by atoms with Crippen LogP contribution in [0.25, 0.3) is 10.2 Å². The fraction of sp³-hybridized carbons (Fsp3) is 0.115. The van der Waals surface area contributed by atoms with Gasteiger partial charge in [-0.25, -0.2) is 4.79 Å². The van der Waals surface area contributed by atoms with Crippen LogP contribution in [-0.4, -0.2) is 23.1 Å². The molecule has 0 N–H and O–H groups in total. The normalized spacial score (nSPS) is 11.2. The summed E-state index contributed by atoms with van der Waals surface area (Å²) in [5.74, 6) is 2.77. The van der Waals surface area contributed by atoms with Crippen LogP contribution in [0.1, 0.15) is 27.6 Å². The Hall–Kier alpha value is -4.15. The minimum absolute atomic E-state index is 0.229. The molecule has 0 aliphatic carbocycles. The van der Waals surface area contributed by atoms with Crippen LogP contribution in [0.5, 0.6) is 11.5 Å². The fourth-order valence-electron chi connectivity index (χ4n) is 3.24. The lowest BCUT2D eigenvalue weighted by Crippen LogP contribution is -2.16. The van der Waals surface area contributed by atoms with Crippen molar-refractivity contribution in [2.45, 2.75) is 13.5 Å². The first-order valence-electron chi connectivity index (χ1n) is 10.3. The van der Waals surface area contributed by atoms with Crippen molar-refractivity contribution in [2.75, 3.05) is 6.61 Å². The highest BCUT2D eigenvalue weighted by atomic mass is 32.1. The SMILES string of the molecule is C#CCn1c(=NC(=O)c2ccccc2Oc2ccccc2)sc2cc(C(=O)OCC)ccc21. The lowest BCUT2D eigenvalue weighted by atomic mass is 10.2. The predicted octanol–water partition coefficient (Wildman–Crippen LogP) is 5.05. The molecule has 0 aliphatic rings. The zero-order valence-corrected chi connectivity index (χ0v) is 18.7. The van der Waals surface area contributed by atoms with E-state index in [0.29, 0.717) is 27.4 Å². The first kappa shape index (κ1) is 22.1. The predicted molar refractivity (Wildman–Crippen MR) is 127 cm³/mol. The Morgan fingerprint density at radius 3 is 2.58 bits per heavy atom. The number of para-hydroxylation sites is 2. The van der Waals surface area contributed by atoms with Crippen LogP contribution in [0.2, 0.25) is 0 Å². The number of amides is 1. The monoisotopic (exact) mass is 456 g/mol. The fourth-order valence-corrected chi connectivity index (χ4v) is 4.31. The molecular weight excluding hydrogens is 436 g/mol. The maximum atomic E-state index is 13.1. The third kappa shape index (κ3) is 4.86. The van der Waals surface area contributed by atoms with Crippen LogP contribution in [0.15, 0.2) is 77.8 Å². The largest absolute Gasteiger partial charge is 0.462 e. The average Bonchev–Trinajstić information content (AvgIpc) is 3.16. The molecule has 3 aromatic carbocycles. The summed E-state index contributed by atoms with van der Waals surface area (Å²) in [6.07, 6.45) is 5.56. The Balaban J connectivity index is 1.76. The van der Waals surface area contributed by atoms with E-state index in [-0.39, 0.29) is 13.2 Å². The van der Waals surface area contributed by atoms with E-state index in [0.717, 1.165) is 10.2 Å². The molecule has 0 saturated heterocycles. The molecule has 0 unspecified atom stereocenters. The van der Waals surface area contributed by atoms with Gasteiger partial charge < -0.3 is 14.0 Å². The number of rotatable bonds is 6. The highest BCUT2D eigenvalue weighted by molar-refractivity contribution is 7.16. The Kier molecular flexibility index (Phi) is 6.67. The van der Waals surface area contributed by atoms with E-state index in [1.807, 2.05) is 30.3 Å². The van der Waals surface area contributed by atoms with E-state index in [1.54, 1.807) is 54.0 Å². The van der Waals surface area contributed by atoms with Crippen molar-refractivity contribution in [2.24, 2.45) is 4.99 Å². The van der Waals surface area contributed by atoms with Crippen molar-refractivity contribution in [1.82, 2.24) is 4.57 Å². The van der Waals surface area contributed by atoms with E-state index in [2.05, 4.69) is 10.9 Å². The molecule has 4 aromatic rings. The Labute approximate surface area is 194 Å². The summed E-state index contributed by atoms with van der Waals surface area (Å²) in [4.78, 5) is 30.0. The van der Waals surface area contributed by atoms with Gasteiger partial charge >= 0.3 is 5.97 Å². The van der Waals surface area contributed by atoms with E-state index < -0.39 is 11.9 Å². The summed E-state index contributed by atoms with van der Waals surface area (Å²) in [5, 5.41) is 0. The van der Waals surface area contributed by atoms with Gasteiger partial charge in [0.05, 0.1) is 34.5 Å². The number of ether oxygens (including phenoxy) is 2. The number of benzene rings is 3. The molecule has 7 heteroatoms. The van der Waals surface area contributed by atoms with Gasteiger partial charge in [-0.05, 0) is 49.4 Å². The number of carbonyl (C=O) groups is 2. The standard InChI is InChI=1S/C26H20N2O4S/c1-3-16-28-21-15-14-18(25(30)31-4-2)17-23(21)33-26(28)27-24(29)20-12-8-9-13-22(20)32-19-10-6-5-7-11-19/h1,5-15,17H,4,16H2,2H3. The van der Waals surface area contributed by atoms with Gasteiger partial charge in [-0.15, -0.1) is 6.42 Å². The van der Waals surface area contributed by atoms with E-state index in [1.165, 1.54) is 11.3 Å². The number of nitrogens with zero attached hydrogens (tertiary/aromatic N) is 2. The molecule has 0 radical (unpaired) electrons. The molecule has 1 amide bonds. The number of thiazole rings is 1. The van der Waals surface area contributed by atoms with Gasteiger partial charge in [-0.1, -0.05) is 47.6 Å². The minimum Gasteiger partial charge on any atom is -0.462 e. The molecule has 0 aliphatic heterocycles. The van der Waals surface area contributed by atoms with Gasteiger partial charge in [-0.3, -0.25) is 4.79 Å². The third-order valence-corrected chi connectivity index (χ3v) is 5.77. The highest BCUT2D eigenvalue weighted by Gasteiger charge is 2.15. The van der Waals surface area contributed by atoms with E-state index in [4.69, 9.17) is 15.9 Å². The lowest BCUT2D eigenvalue weighted by Gasteiger charge is -2.08. The Bertz CT molecular complexity index is 1430. The number of hydrogen-bond acceptors (Lipinski definition) is 5. The molecule has 0 spiro atoms. The lowest BCUT2D eigenvalue weighted by molar-refractivity contribution is 0.0526. The van der Waals surface area contributed by atoms with Crippen molar-refractivity contribution >= 4 is 33.4 Å². The van der Waals surface area contributed by atoms with Gasteiger partial charge in [0.15, 0.2) is 4.80 Å². The van der Waals surface area contributed by atoms with Crippen molar-refractivity contribution in [3.63, 3.8) is 0 Å². The maximum absolute atomic E-state index is 13.1. The van der Waals surface area contributed by atoms with Crippen LogP contribution in [0.3, 0.4) is 0 Å². The molecule has 0 fully saturated rings. The van der Waals surface area contributed by atoms with Gasteiger partial charge in [0, 0.05) is 0 Å². The number of esters is 1. The van der Waals surface area contributed by atoms with Gasteiger partial charge in [0.2, 0.25) is 0 Å². The van der Waals surface area contributed by atoms with Crippen LogP contribution >= 0.6 is 11.3 Å². The van der Waals surface area contributed by atoms with Gasteiger partial charge in [-0.2, -0.15) is 4.99 Å². The van der Waals surface area contributed by atoms with Crippen LogP contribution < -0.4 is 9.54 Å². The summed E-state index contributed by atoms with van der Waals surface area (Å²) < 4.78 is 13.5. The van der Waals surface area contributed by atoms with E-state index in [9.17, 15) is 9.59 Å². The summed E-state index contributed by atoms with van der Waals surface area (Å²) in [5.41, 5.74) is 1.54. The summed E-state index contributed by atoms with van der Waals surface area (Å²) >= 11 is 1.28.